The quantitative estimate of drug-likeness (QED) is 0.613. The number of nitrogens with zero attached hydrogens (tertiary/aromatic N) is 4. The molecule has 0 aromatic carbocycles. The van der Waals surface area contributed by atoms with Gasteiger partial charge in [-0.2, -0.15) is 0 Å². The average molecular weight is 320 g/mol. The van der Waals surface area contributed by atoms with Crippen molar-refractivity contribution in [3.05, 3.63) is 28.4 Å². The molecule has 0 aliphatic carbocycles. The summed E-state index contributed by atoms with van der Waals surface area (Å²) in [5, 5.41) is 10.7. The monoisotopic (exact) mass is 320 g/mol. The summed E-state index contributed by atoms with van der Waals surface area (Å²) < 4.78 is 5.44. The van der Waals surface area contributed by atoms with E-state index < -0.39 is 10.5 Å². The van der Waals surface area contributed by atoms with Crippen LogP contribution in [0.15, 0.2) is 18.3 Å². The Kier molecular flexibility index (Phi) is 3.62. The van der Waals surface area contributed by atoms with Gasteiger partial charge in [-0.1, -0.05) is 0 Å². The highest BCUT2D eigenvalue weighted by atomic mass is 16.6. The third-order valence-electron chi connectivity index (χ3n) is 4.12. The van der Waals surface area contributed by atoms with E-state index in [9.17, 15) is 14.9 Å². The summed E-state index contributed by atoms with van der Waals surface area (Å²) in [6, 6.07) is 3.44. The number of carbonyl (C=O) groups excluding carboxylic acids is 1. The Labute approximate surface area is 134 Å². The standard InChI is InChI=1S/C15H20N4O4/c1-15(2,3)23-14(20)18-9-11-6-12(18)8-17(11)10-4-5-13(16-7-10)19(21)22/h4-5,7,11-12H,6,8-9H2,1-3H3/t11-,12-/m0/s1. The molecule has 1 amide bonds. The summed E-state index contributed by atoms with van der Waals surface area (Å²) in [4.78, 5) is 30.2. The topological polar surface area (TPSA) is 88.8 Å². The highest BCUT2D eigenvalue weighted by molar-refractivity contribution is 5.70. The molecule has 0 saturated carbocycles. The van der Waals surface area contributed by atoms with Crippen molar-refractivity contribution in [3.63, 3.8) is 0 Å². The van der Waals surface area contributed by atoms with Gasteiger partial charge < -0.3 is 24.7 Å². The van der Waals surface area contributed by atoms with Gasteiger partial charge in [-0.3, -0.25) is 0 Å². The lowest BCUT2D eigenvalue weighted by Gasteiger charge is -2.35. The van der Waals surface area contributed by atoms with E-state index in [-0.39, 0.29) is 24.0 Å². The molecular weight excluding hydrogens is 300 g/mol. The van der Waals surface area contributed by atoms with Crippen LogP contribution in [0.1, 0.15) is 27.2 Å². The van der Waals surface area contributed by atoms with E-state index in [4.69, 9.17) is 4.74 Å². The maximum Gasteiger partial charge on any atom is 0.410 e. The van der Waals surface area contributed by atoms with E-state index in [0.717, 1.165) is 12.1 Å². The fourth-order valence-corrected chi connectivity index (χ4v) is 3.18. The number of hydrogen-bond donors (Lipinski definition) is 0. The number of hydrogen-bond acceptors (Lipinski definition) is 6. The molecule has 23 heavy (non-hydrogen) atoms. The first kappa shape index (κ1) is 15.5. The molecule has 3 heterocycles. The number of rotatable bonds is 2. The molecule has 1 aromatic heterocycles. The minimum absolute atomic E-state index is 0.116. The molecule has 0 radical (unpaired) electrons. The molecule has 0 N–H and O–H groups in total. The Bertz CT molecular complexity index is 625. The maximum atomic E-state index is 12.2. The summed E-state index contributed by atoms with van der Waals surface area (Å²) in [7, 11) is 0. The van der Waals surface area contributed by atoms with Crippen LogP contribution in [-0.2, 0) is 4.74 Å². The molecule has 8 heteroatoms. The lowest BCUT2D eigenvalue weighted by Crippen LogP contribution is -2.50. The van der Waals surface area contributed by atoms with E-state index in [2.05, 4.69) is 9.88 Å². The third-order valence-corrected chi connectivity index (χ3v) is 4.12. The van der Waals surface area contributed by atoms with Crippen LogP contribution in [0.3, 0.4) is 0 Å². The van der Waals surface area contributed by atoms with Crippen LogP contribution in [0.2, 0.25) is 0 Å². The van der Waals surface area contributed by atoms with Gasteiger partial charge in [-0.05, 0) is 43.2 Å². The number of fused-ring (bicyclic) bond motifs is 2. The lowest BCUT2D eigenvalue weighted by molar-refractivity contribution is -0.389. The van der Waals surface area contributed by atoms with Crippen LogP contribution in [0.4, 0.5) is 16.3 Å². The van der Waals surface area contributed by atoms with E-state index >= 15 is 0 Å². The zero-order valence-electron chi connectivity index (χ0n) is 13.4. The summed E-state index contributed by atoms with van der Waals surface area (Å²) >= 11 is 0. The van der Waals surface area contributed by atoms with Gasteiger partial charge in [0.25, 0.3) is 0 Å². The highest BCUT2D eigenvalue weighted by Crippen LogP contribution is 2.35. The van der Waals surface area contributed by atoms with E-state index in [1.165, 1.54) is 12.3 Å². The molecule has 2 saturated heterocycles. The normalized spacial score (nSPS) is 23.3. The predicted octanol–water partition coefficient (Wildman–Crippen LogP) is 2.19. The van der Waals surface area contributed by atoms with Crippen molar-refractivity contribution >= 4 is 17.6 Å². The first-order chi connectivity index (χ1) is 10.7. The summed E-state index contributed by atoms with van der Waals surface area (Å²) in [5.41, 5.74) is 0.355. The molecule has 0 spiro atoms. The van der Waals surface area contributed by atoms with Crippen molar-refractivity contribution in [2.24, 2.45) is 0 Å². The number of ether oxygens (including phenoxy) is 1. The van der Waals surface area contributed by atoms with Crippen LogP contribution in [0.25, 0.3) is 0 Å². The second-order valence-electron chi connectivity index (χ2n) is 6.96. The molecule has 2 fully saturated rings. The molecular formula is C15H20N4O4. The van der Waals surface area contributed by atoms with Gasteiger partial charge in [0.15, 0.2) is 6.20 Å². The summed E-state index contributed by atoms with van der Waals surface area (Å²) in [6.45, 7) is 6.87. The maximum absolute atomic E-state index is 12.2. The Morgan fingerprint density at radius 1 is 1.35 bits per heavy atom. The minimum atomic E-state index is -0.510. The van der Waals surface area contributed by atoms with Crippen molar-refractivity contribution in [2.75, 3.05) is 18.0 Å². The number of aromatic nitrogens is 1. The number of anilines is 1. The highest BCUT2D eigenvalue weighted by Gasteiger charge is 2.46. The smallest absolute Gasteiger partial charge is 0.410 e. The van der Waals surface area contributed by atoms with Gasteiger partial charge in [0.1, 0.15) is 5.60 Å². The van der Waals surface area contributed by atoms with Crippen LogP contribution in [0, 0.1) is 10.1 Å². The summed E-state index contributed by atoms with van der Waals surface area (Å²) in [5.74, 6) is -0.159. The Balaban J connectivity index is 1.66. The number of nitro groups is 1. The van der Waals surface area contributed by atoms with Gasteiger partial charge in [0, 0.05) is 25.2 Å². The second kappa shape index (κ2) is 5.36. The zero-order chi connectivity index (χ0) is 16.8. The Hall–Kier alpha value is -2.38. The zero-order valence-corrected chi connectivity index (χ0v) is 13.4. The summed E-state index contributed by atoms with van der Waals surface area (Å²) in [6.07, 6.45) is 2.14. The van der Waals surface area contributed by atoms with E-state index in [0.29, 0.717) is 13.1 Å². The Morgan fingerprint density at radius 2 is 2.09 bits per heavy atom. The van der Waals surface area contributed by atoms with Crippen molar-refractivity contribution in [2.45, 2.75) is 44.9 Å². The molecule has 2 bridgehead atoms. The van der Waals surface area contributed by atoms with Crippen LogP contribution in [-0.4, -0.2) is 51.7 Å². The number of likely N-dealkylation sites (tertiary alicyclic amines) is 1. The number of amides is 1. The van der Waals surface area contributed by atoms with Crippen molar-refractivity contribution in [1.82, 2.24) is 9.88 Å². The van der Waals surface area contributed by atoms with Gasteiger partial charge in [0.05, 0.1) is 11.7 Å². The van der Waals surface area contributed by atoms with Crippen LogP contribution < -0.4 is 4.90 Å². The van der Waals surface area contributed by atoms with Gasteiger partial charge in [0.2, 0.25) is 0 Å². The predicted molar refractivity (Wildman–Crippen MR) is 83.4 cm³/mol. The van der Waals surface area contributed by atoms with Gasteiger partial charge >= 0.3 is 11.9 Å². The van der Waals surface area contributed by atoms with E-state index in [1.54, 1.807) is 11.0 Å². The molecule has 3 rings (SSSR count). The SMILES string of the molecule is CC(C)(C)OC(=O)N1C[C@@H]2C[C@H]1CN2c1ccc([N+](=O)[O-])nc1. The fourth-order valence-electron chi connectivity index (χ4n) is 3.18. The molecule has 0 unspecified atom stereocenters. The molecule has 2 aliphatic heterocycles. The second-order valence-corrected chi connectivity index (χ2v) is 6.96. The molecule has 2 aliphatic rings. The molecule has 1 aromatic rings. The number of carbonyl (C=O) groups is 1. The van der Waals surface area contributed by atoms with Crippen molar-refractivity contribution in [3.8, 4) is 0 Å². The van der Waals surface area contributed by atoms with Crippen molar-refractivity contribution in [1.29, 1.82) is 0 Å². The molecule has 2 atom stereocenters. The molecule has 124 valence electrons. The third kappa shape index (κ3) is 3.06. The van der Waals surface area contributed by atoms with Crippen LogP contribution in [0.5, 0.6) is 0 Å². The largest absolute Gasteiger partial charge is 0.444 e. The van der Waals surface area contributed by atoms with E-state index in [1.807, 2.05) is 20.8 Å². The van der Waals surface area contributed by atoms with Gasteiger partial charge in [-0.15, -0.1) is 0 Å². The molecule has 8 nitrogen and oxygen atoms in total. The first-order valence-electron chi connectivity index (χ1n) is 7.61. The average Bonchev–Trinajstić information content (AvgIpc) is 3.05. The first-order valence-corrected chi connectivity index (χ1v) is 7.61. The van der Waals surface area contributed by atoms with Crippen LogP contribution >= 0.6 is 0 Å². The van der Waals surface area contributed by atoms with Crippen molar-refractivity contribution < 1.29 is 14.5 Å². The number of piperazine rings is 1. The fraction of sp³-hybridized carbons (Fsp3) is 0.600. The lowest BCUT2D eigenvalue weighted by atomic mass is 10.2. The minimum Gasteiger partial charge on any atom is -0.444 e. The van der Waals surface area contributed by atoms with Gasteiger partial charge in [-0.25, -0.2) is 4.79 Å². The Morgan fingerprint density at radius 3 is 2.57 bits per heavy atom. The number of pyridine rings is 1.